The van der Waals surface area contributed by atoms with Gasteiger partial charge in [-0.1, -0.05) is 0 Å². The van der Waals surface area contributed by atoms with Gasteiger partial charge in [-0.2, -0.15) is 0 Å². The molecule has 1 aliphatic carbocycles. The van der Waals surface area contributed by atoms with E-state index in [2.05, 4.69) is 21.8 Å². The summed E-state index contributed by atoms with van der Waals surface area (Å²) < 4.78 is 1.16. The summed E-state index contributed by atoms with van der Waals surface area (Å²) in [6.45, 7) is 1.44. The third kappa shape index (κ3) is 5.53. The van der Waals surface area contributed by atoms with Crippen molar-refractivity contribution in [3.63, 3.8) is 0 Å². The molecule has 0 saturated heterocycles. The molecule has 0 aromatic carbocycles. The Morgan fingerprint density at radius 3 is 2.44 bits per heavy atom. The van der Waals surface area contributed by atoms with Crippen molar-refractivity contribution < 1.29 is 20.5 Å². The molecule has 0 saturated carbocycles. The summed E-state index contributed by atoms with van der Waals surface area (Å²) in [5, 5.41) is 0. The van der Waals surface area contributed by atoms with Gasteiger partial charge >= 0.3 is 44.9 Å². The topological polar surface area (TPSA) is 17.1 Å². The van der Waals surface area contributed by atoms with Gasteiger partial charge in [0.2, 0.25) is 0 Å². The predicted molar refractivity (Wildman–Crippen MR) is 33.6 cm³/mol. The molecule has 0 bridgehead atoms. The SMILES string of the molecule is CC=O.[Co][C]1=CC=CC1. The van der Waals surface area contributed by atoms with E-state index in [-0.39, 0.29) is 0 Å². The molecule has 1 nitrogen and oxygen atoms in total. The molecule has 0 heterocycles. The van der Waals surface area contributed by atoms with Crippen LogP contribution in [0.4, 0.5) is 0 Å². The zero-order chi connectivity index (χ0) is 7.11. The second kappa shape index (κ2) is 5.79. The minimum atomic E-state index is 0.750. The molecule has 0 atom stereocenters. The van der Waals surface area contributed by atoms with Crippen LogP contribution in [-0.2, 0) is 20.5 Å². The average molecular weight is 168 g/mol. The molecule has 52 valence electrons. The maximum atomic E-state index is 8.81. The molecular weight excluding hydrogens is 159 g/mol. The quantitative estimate of drug-likeness (QED) is 0.502. The Kier molecular flexibility index (Phi) is 5.57. The molecule has 0 aromatic heterocycles. The van der Waals surface area contributed by atoms with Gasteiger partial charge in [0, 0.05) is 0 Å². The van der Waals surface area contributed by atoms with Crippen LogP contribution in [-0.4, -0.2) is 6.29 Å². The Bertz CT molecular complexity index is 136. The minimum absolute atomic E-state index is 0.750. The van der Waals surface area contributed by atoms with Crippen LogP contribution in [0.25, 0.3) is 0 Å². The first-order chi connectivity index (χ1) is 4.31. The molecule has 0 aliphatic heterocycles. The van der Waals surface area contributed by atoms with Crippen LogP contribution in [0, 0.1) is 0 Å². The predicted octanol–water partition coefficient (Wildman–Crippen LogP) is 1.58. The van der Waals surface area contributed by atoms with Crippen molar-refractivity contribution in [1.29, 1.82) is 0 Å². The molecule has 0 radical (unpaired) electrons. The molecule has 1 rings (SSSR count). The standard InChI is InChI=1S/C5H5.C2H4O.Co/c1-2-4-5-3-1;1-2-3;/h1-3H,4H2;2H,1H3;. The number of carbonyl (C=O) groups is 1. The van der Waals surface area contributed by atoms with E-state index in [1.807, 2.05) is 12.2 Å². The Balaban J connectivity index is 0.000000187. The van der Waals surface area contributed by atoms with Crippen molar-refractivity contribution in [1.82, 2.24) is 0 Å². The van der Waals surface area contributed by atoms with E-state index in [0.29, 0.717) is 0 Å². The fraction of sp³-hybridized carbons (Fsp3) is 0.286. The van der Waals surface area contributed by atoms with E-state index in [0.717, 1.165) is 17.2 Å². The summed E-state index contributed by atoms with van der Waals surface area (Å²) >= 11 is 4.14. The van der Waals surface area contributed by atoms with Gasteiger partial charge in [0.25, 0.3) is 0 Å². The zero-order valence-corrected chi connectivity index (χ0v) is 6.30. The Morgan fingerprint density at radius 1 is 1.78 bits per heavy atom. The van der Waals surface area contributed by atoms with Crippen LogP contribution in [0.2, 0.25) is 0 Å². The fourth-order valence-corrected chi connectivity index (χ4v) is 0.634. The summed E-state index contributed by atoms with van der Waals surface area (Å²) in [7, 11) is 0. The number of aldehydes is 1. The van der Waals surface area contributed by atoms with Gasteiger partial charge in [0.05, 0.1) is 0 Å². The molecule has 0 unspecified atom stereocenters. The monoisotopic (exact) mass is 168 g/mol. The first-order valence-electron chi connectivity index (χ1n) is 2.70. The van der Waals surface area contributed by atoms with Gasteiger partial charge in [-0.15, -0.1) is 0 Å². The molecule has 9 heavy (non-hydrogen) atoms. The van der Waals surface area contributed by atoms with Gasteiger partial charge in [-0.05, 0) is 6.92 Å². The maximum absolute atomic E-state index is 8.81. The van der Waals surface area contributed by atoms with E-state index in [9.17, 15) is 0 Å². The number of hydrogen-bond acceptors (Lipinski definition) is 1. The first kappa shape index (κ1) is 8.66. The number of allylic oxidation sites excluding steroid dienone is 4. The Labute approximate surface area is 63.4 Å². The van der Waals surface area contributed by atoms with E-state index < -0.39 is 0 Å². The van der Waals surface area contributed by atoms with Crippen molar-refractivity contribution in [2.75, 3.05) is 0 Å². The summed E-state index contributed by atoms with van der Waals surface area (Å²) in [4.78, 5) is 8.81. The van der Waals surface area contributed by atoms with E-state index in [4.69, 9.17) is 4.79 Å². The van der Waals surface area contributed by atoms with Gasteiger partial charge in [-0.3, -0.25) is 0 Å². The number of hydrogen-bond donors (Lipinski definition) is 0. The van der Waals surface area contributed by atoms with E-state index in [1.165, 1.54) is 6.92 Å². The molecule has 0 aromatic rings. The summed E-state index contributed by atoms with van der Waals surface area (Å²) in [5.74, 6) is 0. The summed E-state index contributed by atoms with van der Waals surface area (Å²) in [6.07, 6.45) is 7.88. The molecule has 1 aliphatic rings. The molecule has 0 N–H and O–H groups in total. The number of carbonyl (C=O) groups excluding carboxylic acids is 1. The normalized spacial score (nSPS) is 13.9. The van der Waals surface area contributed by atoms with Crippen LogP contribution >= 0.6 is 0 Å². The molecular formula is C7H9CoO. The third-order valence-corrected chi connectivity index (χ3v) is 1.10. The number of rotatable bonds is 0. The second-order valence-electron chi connectivity index (χ2n) is 1.45. The summed E-state index contributed by atoms with van der Waals surface area (Å²) in [6, 6.07) is 0. The first-order valence-corrected chi connectivity index (χ1v) is 3.22. The van der Waals surface area contributed by atoms with Gasteiger partial charge in [-0.25, -0.2) is 0 Å². The molecule has 2 heteroatoms. The molecule has 0 amide bonds. The molecule has 0 fully saturated rings. The Morgan fingerprint density at radius 2 is 2.33 bits per heavy atom. The third-order valence-electron chi connectivity index (χ3n) is 0.709. The van der Waals surface area contributed by atoms with Crippen LogP contribution in [0.3, 0.4) is 0 Å². The summed E-state index contributed by atoms with van der Waals surface area (Å²) in [5.41, 5.74) is 0. The van der Waals surface area contributed by atoms with Crippen molar-refractivity contribution >= 4 is 6.29 Å². The average Bonchev–Trinajstić information content (AvgIpc) is 2.20. The zero-order valence-electron chi connectivity index (χ0n) is 5.26. The van der Waals surface area contributed by atoms with Crippen LogP contribution < -0.4 is 0 Å². The van der Waals surface area contributed by atoms with Crippen LogP contribution in [0.15, 0.2) is 22.7 Å². The van der Waals surface area contributed by atoms with Gasteiger partial charge in [0.15, 0.2) is 0 Å². The van der Waals surface area contributed by atoms with Crippen LogP contribution in [0.5, 0.6) is 0 Å². The molecule has 0 spiro atoms. The second-order valence-corrected chi connectivity index (χ2v) is 2.12. The van der Waals surface area contributed by atoms with Crippen molar-refractivity contribution in [2.24, 2.45) is 0 Å². The van der Waals surface area contributed by atoms with Gasteiger partial charge < -0.3 is 4.79 Å². The van der Waals surface area contributed by atoms with E-state index in [1.54, 1.807) is 0 Å². The van der Waals surface area contributed by atoms with Crippen molar-refractivity contribution in [3.05, 3.63) is 22.7 Å². The Hall–Kier alpha value is -0.344. The van der Waals surface area contributed by atoms with Crippen molar-refractivity contribution in [2.45, 2.75) is 13.3 Å². The van der Waals surface area contributed by atoms with Crippen molar-refractivity contribution in [3.8, 4) is 0 Å². The van der Waals surface area contributed by atoms with Crippen LogP contribution in [0.1, 0.15) is 13.3 Å². The fourth-order valence-electron chi connectivity index (χ4n) is 0.412. The van der Waals surface area contributed by atoms with E-state index >= 15 is 0 Å². The van der Waals surface area contributed by atoms with Gasteiger partial charge in [0.1, 0.15) is 6.29 Å².